The van der Waals surface area contributed by atoms with Gasteiger partial charge in [0.2, 0.25) is 11.8 Å². The van der Waals surface area contributed by atoms with E-state index in [4.69, 9.17) is 0 Å². The molecule has 0 saturated heterocycles. The number of amides is 4. The van der Waals surface area contributed by atoms with Crippen LogP contribution < -0.4 is 15.5 Å². The molecule has 0 saturated carbocycles. The van der Waals surface area contributed by atoms with Crippen LogP contribution in [0.5, 0.6) is 0 Å². The molecular formula is C25H30FN5O5. The van der Waals surface area contributed by atoms with Crippen LogP contribution in [0.1, 0.15) is 31.9 Å². The molecule has 10 nitrogen and oxygen atoms in total. The van der Waals surface area contributed by atoms with E-state index in [1.807, 2.05) is 0 Å². The van der Waals surface area contributed by atoms with Crippen molar-refractivity contribution in [2.45, 2.75) is 52.2 Å². The van der Waals surface area contributed by atoms with Crippen LogP contribution in [0.4, 0.5) is 20.7 Å². The number of aromatic nitrogens is 1. The minimum atomic E-state index is -1.29. The van der Waals surface area contributed by atoms with Gasteiger partial charge in [-0.15, -0.1) is 0 Å². The molecule has 1 aromatic carbocycles. The van der Waals surface area contributed by atoms with Crippen LogP contribution >= 0.6 is 0 Å². The first-order valence-electron chi connectivity index (χ1n) is 11.5. The van der Waals surface area contributed by atoms with Crippen molar-refractivity contribution in [1.29, 1.82) is 0 Å². The highest BCUT2D eigenvalue weighted by atomic mass is 19.1. The number of nitrogens with one attached hydrogen (secondary N) is 2. The van der Waals surface area contributed by atoms with Crippen molar-refractivity contribution in [3.8, 4) is 0 Å². The number of rotatable bonds is 7. The Labute approximate surface area is 208 Å². The Morgan fingerprint density at radius 3 is 2.53 bits per heavy atom. The second kappa shape index (κ2) is 10.7. The van der Waals surface area contributed by atoms with Crippen molar-refractivity contribution >= 4 is 35.3 Å². The van der Waals surface area contributed by atoms with Crippen molar-refractivity contribution in [3.63, 3.8) is 0 Å². The number of carboxylic acid groups (broad SMARTS) is 1. The summed E-state index contributed by atoms with van der Waals surface area (Å²) < 4.78 is 14.3. The average molecular weight is 500 g/mol. The predicted molar refractivity (Wildman–Crippen MR) is 131 cm³/mol. The van der Waals surface area contributed by atoms with E-state index in [0.717, 1.165) is 10.5 Å². The molecule has 0 unspecified atom stereocenters. The summed E-state index contributed by atoms with van der Waals surface area (Å²) in [6.07, 6.45) is 0.361. The number of anilines is 2. The molecule has 2 aromatic rings. The maximum absolute atomic E-state index is 14.3. The van der Waals surface area contributed by atoms with Gasteiger partial charge >= 0.3 is 6.09 Å². The summed E-state index contributed by atoms with van der Waals surface area (Å²) in [6, 6.07) is 4.61. The van der Waals surface area contributed by atoms with Crippen molar-refractivity contribution in [2.75, 3.05) is 17.3 Å². The molecule has 0 aliphatic carbocycles. The van der Waals surface area contributed by atoms with E-state index in [0.29, 0.717) is 5.56 Å². The van der Waals surface area contributed by atoms with E-state index in [2.05, 4.69) is 15.6 Å². The lowest BCUT2D eigenvalue weighted by Gasteiger charge is -2.31. The average Bonchev–Trinajstić information content (AvgIpc) is 3.22. The third kappa shape index (κ3) is 5.45. The first kappa shape index (κ1) is 26.6. The number of hydrogen-bond acceptors (Lipinski definition) is 5. The van der Waals surface area contributed by atoms with Crippen LogP contribution in [0.3, 0.4) is 0 Å². The quantitative estimate of drug-likeness (QED) is 0.537. The predicted octanol–water partition coefficient (Wildman–Crippen LogP) is 2.56. The van der Waals surface area contributed by atoms with E-state index < -0.39 is 53.7 Å². The number of halogens is 1. The zero-order valence-corrected chi connectivity index (χ0v) is 20.8. The zero-order chi connectivity index (χ0) is 26.7. The van der Waals surface area contributed by atoms with E-state index >= 15 is 0 Å². The van der Waals surface area contributed by atoms with Gasteiger partial charge in [-0.1, -0.05) is 26.0 Å². The molecule has 192 valence electrons. The topological polar surface area (TPSA) is 132 Å². The van der Waals surface area contributed by atoms with Crippen LogP contribution in [0.25, 0.3) is 0 Å². The van der Waals surface area contributed by atoms with E-state index in [-0.39, 0.29) is 17.9 Å². The van der Waals surface area contributed by atoms with Crippen LogP contribution in [-0.2, 0) is 20.8 Å². The minimum absolute atomic E-state index is 0.00411. The second-order valence-corrected chi connectivity index (χ2v) is 9.19. The monoisotopic (exact) mass is 499 g/mol. The van der Waals surface area contributed by atoms with Gasteiger partial charge < -0.3 is 15.7 Å². The number of likely N-dealkylation sites (N-methyl/N-ethyl adjacent to an activating group) is 1. The van der Waals surface area contributed by atoms with Gasteiger partial charge in [0, 0.05) is 19.7 Å². The normalized spacial score (nSPS) is 16.2. The number of aryl methyl sites for hydroxylation is 1. The highest BCUT2D eigenvalue weighted by Gasteiger charge is 2.43. The smallest absolute Gasteiger partial charge is 0.407 e. The Morgan fingerprint density at radius 1 is 1.19 bits per heavy atom. The molecule has 36 heavy (non-hydrogen) atoms. The molecule has 4 amide bonds. The number of benzene rings is 1. The highest BCUT2D eigenvalue weighted by molar-refractivity contribution is 6.09. The fourth-order valence-electron chi connectivity index (χ4n) is 3.95. The summed E-state index contributed by atoms with van der Waals surface area (Å²) in [5, 5.41) is 14.4. The van der Waals surface area contributed by atoms with Crippen molar-refractivity contribution in [2.24, 2.45) is 5.92 Å². The Kier molecular flexibility index (Phi) is 7.91. The van der Waals surface area contributed by atoms with Crippen LogP contribution in [0, 0.1) is 18.7 Å². The van der Waals surface area contributed by atoms with Gasteiger partial charge in [0.25, 0.3) is 5.91 Å². The summed E-state index contributed by atoms with van der Waals surface area (Å²) in [4.78, 5) is 57.5. The molecule has 0 radical (unpaired) electrons. The third-order valence-corrected chi connectivity index (χ3v) is 6.23. The summed E-state index contributed by atoms with van der Waals surface area (Å²) in [6.45, 7) is 6.62. The molecule has 0 bridgehead atoms. The molecule has 1 aliphatic heterocycles. The van der Waals surface area contributed by atoms with Gasteiger partial charge in [0.05, 0.1) is 5.69 Å². The Hall–Kier alpha value is -4.02. The van der Waals surface area contributed by atoms with Gasteiger partial charge in [0.1, 0.15) is 29.8 Å². The van der Waals surface area contributed by atoms with Gasteiger partial charge in [-0.2, -0.15) is 0 Å². The number of nitrogens with zero attached hydrogens (tertiary/aromatic N) is 3. The molecule has 3 N–H and O–H groups in total. The molecule has 0 fully saturated rings. The third-order valence-electron chi connectivity index (χ3n) is 6.23. The number of pyridine rings is 1. The lowest BCUT2D eigenvalue weighted by atomic mass is 10.0. The Bertz CT molecular complexity index is 1190. The molecule has 3 rings (SSSR count). The van der Waals surface area contributed by atoms with Crippen LogP contribution in [0.15, 0.2) is 36.5 Å². The summed E-state index contributed by atoms with van der Waals surface area (Å²) >= 11 is 0. The van der Waals surface area contributed by atoms with Crippen LogP contribution in [-0.4, -0.2) is 64.0 Å². The Morgan fingerprint density at radius 2 is 1.89 bits per heavy atom. The molecular weight excluding hydrogens is 469 g/mol. The van der Waals surface area contributed by atoms with Gasteiger partial charge in [0.15, 0.2) is 0 Å². The second-order valence-electron chi connectivity index (χ2n) is 9.19. The van der Waals surface area contributed by atoms with Gasteiger partial charge in [-0.25, -0.2) is 14.2 Å². The van der Waals surface area contributed by atoms with E-state index in [1.165, 1.54) is 37.2 Å². The maximum Gasteiger partial charge on any atom is 0.407 e. The fourth-order valence-corrected chi connectivity index (χ4v) is 3.95. The molecule has 11 heteroatoms. The Balaban J connectivity index is 1.91. The van der Waals surface area contributed by atoms with Crippen molar-refractivity contribution in [3.05, 3.63) is 53.5 Å². The minimum Gasteiger partial charge on any atom is -0.465 e. The maximum atomic E-state index is 14.3. The molecule has 1 aliphatic rings. The van der Waals surface area contributed by atoms with Crippen molar-refractivity contribution < 1.29 is 28.7 Å². The lowest BCUT2D eigenvalue weighted by Crippen LogP contribution is -2.58. The number of carbonyl (C=O) groups is 4. The standard InChI is InChI=1S/C25H30FN5O5/c1-13(2)20(29-22(32)15(4)30(5)25(35)36)24(34)31-19(12-16-7-6-10-27-21(16)31)23(33)28-18-11-14(3)8-9-17(18)26/h6-11,13,15,19-20H,12H2,1-5H3,(H,28,33)(H,29,32)(H,35,36)/t15-,19-,20-/m0/s1. The lowest BCUT2D eigenvalue weighted by molar-refractivity contribution is -0.131. The molecule has 0 spiro atoms. The largest absolute Gasteiger partial charge is 0.465 e. The number of hydrogen-bond donors (Lipinski definition) is 3. The number of fused-ring (bicyclic) bond motifs is 1. The van der Waals surface area contributed by atoms with Gasteiger partial charge in [-0.3, -0.25) is 24.2 Å². The molecule has 1 aromatic heterocycles. The first-order valence-corrected chi connectivity index (χ1v) is 11.5. The highest BCUT2D eigenvalue weighted by Crippen LogP contribution is 2.32. The summed E-state index contributed by atoms with van der Waals surface area (Å²) in [7, 11) is 1.25. The number of carbonyl (C=O) groups excluding carboxylic acids is 3. The zero-order valence-electron chi connectivity index (χ0n) is 20.8. The van der Waals surface area contributed by atoms with Crippen molar-refractivity contribution in [1.82, 2.24) is 15.2 Å². The summed E-state index contributed by atoms with van der Waals surface area (Å²) in [5.41, 5.74) is 1.40. The van der Waals surface area contributed by atoms with E-state index in [9.17, 15) is 28.7 Å². The van der Waals surface area contributed by atoms with Gasteiger partial charge in [-0.05, 0) is 49.1 Å². The first-order chi connectivity index (χ1) is 16.9. The summed E-state index contributed by atoms with van der Waals surface area (Å²) in [5.74, 6) is -2.55. The van der Waals surface area contributed by atoms with Crippen LogP contribution in [0.2, 0.25) is 0 Å². The SMILES string of the molecule is Cc1ccc(F)c(NC(=O)[C@@H]2Cc3cccnc3N2C(=O)[C@@H](NC(=O)[C@H](C)N(C)C(=O)O)C(C)C)c1. The molecule has 2 heterocycles. The molecule has 3 atom stereocenters. The fraction of sp³-hybridized carbons (Fsp3) is 0.400. The van der Waals surface area contributed by atoms with E-state index in [1.54, 1.807) is 39.0 Å².